The molecule has 0 saturated carbocycles. The Morgan fingerprint density at radius 1 is 1.10 bits per heavy atom. The summed E-state index contributed by atoms with van der Waals surface area (Å²) in [5.74, 6) is 0.318. The first-order valence-corrected chi connectivity index (χ1v) is 9.53. The van der Waals surface area contributed by atoms with Gasteiger partial charge in [0.25, 0.3) is 0 Å². The fourth-order valence-electron chi connectivity index (χ4n) is 3.78. The molecule has 0 amide bonds. The number of benzene rings is 1. The maximum Gasteiger partial charge on any atom is 0.336 e. The summed E-state index contributed by atoms with van der Waals surface area (Å²) in [5, 5.41) is 50.9. The van der Waals surface area contributed by atoms with Crippen LogP contribution < -0.4 is 10.4 Å². The normalized spacial score (nSPS) is 34.0. The number of hydrogen-bond acceptors (Lipinski definition) is 10. The van der Waals surface area contributed by atoms with Crippen LogP contribution in [0, 0.1) is 0 Å². The third-order valence-electron chi connectivity index (χ3n) is 5.41. The summed E-state index contributed by atoms with van der Waals surface area (Å²) in [7, 11) is 0. The van der Waals surface area contributed by atoms with Gasteiger partial charge in [0.05, 0.1) is 12.2 Å². The lowest BCUT2D eigenvalue weighted by Gasteiger charge is -2.41. The molecule has 3 heterocycles. The number of aliphatic hydroxyl groups excluding tert-OH is 4. The minimum Gasteiger partial charge on any atom is -0.484 e. The second-order valence-corrected chi connectivity index (χ2v) is 8.13. The summed E-state index contributed by atoms with van der Waals surface area (Å²) in [5.41, 5.74) is -1.09. The van der Waals surface area contributed by atoms with Crippen LogP contribution in [0.1, 0.15) is 25.5 Å². The monoisotopic (exact) mass is 424 g/mol. The second-order valence-electron chi connectivity index (χ2n) is 8.13. The molecule has 10 heteroatoms. The van der Waals surface area contributed by atoms with Crippen LogP contribution in [-0.2, 0) is 9.47 Å². The summed E-state index contributed by atoms with van der Waals surface area (Å²) < 4.78 is 22.4. The first kappa shape index (κ1) is 21.2. The minimum atomic E-state index is -1.60. The zero-order valence-electron chi connectivity index (χ0n) is 16.3. The van der Waals surface area contributed by atoms with Crippen LogP contribution in [0.4, 0.5) is 0 Å². The number of hydrogen-bond donors (Lipinski definition) is 5. The lowest BCUT2D eigenvalue weighted by atomic mass is 9.93. The van der Waals surface area contributed by atoms with Gasteiger partial charge in [-0.2, -0.15) is 0 Å². The summed E-state index contributed by atoms with van der Waals surface area (Å²) in [6.45, 7) is 2.45. The van der Waals surface area contributed by atoms with Crippen molar-refractivity contribution in [3.05, 3.63) is 40.2 Å². The van der Waals surface area contributed by atoms with Crippen LogP contribution >= 0.6 is 0 Å². The van der Waals surface area contributed by atoms with Gasteiger partial charge in [-0.25, -0.2) is 4.79 Å². The Hall–Kier alpha value is -2.05. The van der Waals surface area contributed by atoms with E-state index in [-0.39, 0.29) is 0 Å². The molecule has 164 valence electrons. The average molecular weight is 424 g/mol. The first-order chi connectivity index (χ1) is 14.1. The fourth-order valence-corrected chi connectivity index (χ4v) is 3.78. The van der Waals surface area contributed by atoms with Gasteiger partial charge in [0.1, 0.15) is 41.9 Å². The van der Waals surface area contributed by atoms with Gasteiger partial charge < -0.3 is 44.2 Å². The van der Waals surface area contributed by atoms with Crippen LogP contribution in [0.2, 0.25) is 0 Å². The van der Waals surface area contributed by atoms with Gasteiger partial charge in [-0.05, 0) is 26.0 Å². The van der Waals surface area contributed by atoms with Crippen LogP contribution in [0.3, 0.4) is 0 Å². The van der Waals surface area contributed by atoms with Gasteiger partial charge in [-0.3, -0.25) is 0 Å². The smallest absolute Gasteiger partial charge is 0.336 e. The van der Waals surface area contributed by atoms with Crippen molar-refractivity contribution >= 4 is 11.0 Å². The summed E-state index contributed by atoms with van der Waals surface area (Å²) in [4.78, 5) is 11.5. The predicted molar refractivity (Wildman–Crippen MR) is 101 cm³/mol. The van der Waals surface area contributed by atoms with Crippen molar-refractivity contribution < 1.29 is 44.2 Å². The minimum absolute atomic E-state index is 0.296. The van der Waals surface area contributed by atoms with Crippen LogP contribution in [0.5, 0.6) is 5.75 Å². The van der Waals surface area contributed by atoms with Crippen molar-refractivity contribution in [3.8, 4) is 5.75 Å². The molecule has 0 unspecified atom stereocenters. The highest BCUT2D eigenvalue weighted by Crippen LogP contribution is 2.45. The number of fused-ring (bicyclic) bond motifs is 2. The Balaban J connectivity index is 1.72. The van der Waals surface area contributed by atoms with E-state index in [4.69, 9.17) is 18.6 Å². The first-order valence-electron chi connectivity index (χ1n) is 9.53. The molecule has 7 atom stereocenters. The molecular weight excluding hydrogens is 400 g/mol. The molecule has 4 rings (SSSR count). The quantitative estimate of drug-likeness (QED) is 0.393. The highest BCUT2D eigenvalue weighted by molar-refractivity contribution is 5.80. The summed E-state index contributed by atoms with van der Waals surface area (Å²) in [6.07, 6.45) is -9.13. The van der Waals surface area contributed by atoms with Gasteiger partial charge in [-0.15, -0.1) is 0 Å². The van der Waals surface area contributed by atoms with E-state index < -0.39 is 60.7 Å². The van der Waals surface area contributed by atoms with E-state index in [2.05, 4.69) is 0 Å². The molecule has 1 aromatic carbocycles. The molecule has 1 saturated heterocycles. The Morgan fingerprint density at radius 3 is 2.50 bits per heavy atom. The Morgan fingerprint density at radius 2 is 1.83 bits per heavy atom. The van der Waals surface area contributed by atoms with Gasteiger partial charge in [0, 0.05) is 23.1 Å². The maximum absolute atomic E-state index is 11.5. The van der Waals surface area contributed by atoms with Crippen molar-refractivity contribution in [3.63, 3.8) is 0 Å². The molecule has 0 spiro atoms. The van der Waals surface area contributed by atoms with E-state index in [1.165, 1.54) is 26.0 Å². The van der Waals surface area contributed by atoms with E-state index in [1.54, 1.807) is 12.1 Å². The zero-order chi connectivity index (χ0) is 21.8. The van der Waals surface area contributed by atoms with Gasteiger partial charge in [0.15, 0.2) is 12.4 Å². The lowest BCUT2D eigenvalue weighted by Crippen LogP contribution is -2.59. The van der Waals surface area contributed by atoms with Gasteiger partial charge in [-0.1, -0.05) is 0 Å². The molecule has 0 radical (unpaired) electrons. The molecule has 5 N–H and O–H groups in total. The van der Waals surface area contributed by atoms with Crippen LogP contribution in [-0.4, -0.2) is 74.6 Å². The van der Waals surface area contributed by atoms with E-state index in [0.717, 1.165) is 0 Å². The Bertz CT molecular complexity index is 978. The molecule has 0 aliphatic carbocycles. The number of ether oxygens (including phenoxy) is 3. The lowest BCUT2D eigenvalue weighted by molar-refractivity contribution is -0.319. The number of rotatable bonds is 4. The highest BCUT2D eigenvalue weighted by atomic mass is 16.7. The molecule has 10 nitrogen and oxygen atoms in total. The van der Waals surface area contributed by atoms with Crippen molar-refractivity contribution in [2.45, 2.75) is 62.4 Å². The summed E-state index contributed by atoms with van der Waals surface area (Å²) in [6, 6.07) is 6.03. The Kier molecular flexibility index (Phi) is 5.35. The Labute approximate surface area is 170 Å². The largest absolute Gasteiger partial charge is 0.484 e. The third-order valence-corrected chi connectivity index (χ3v) is 5.41. The van der Waals surface area contributed by atoms with Crippen molar-refractivity contribution in [1.82, 2.24) is 0 Å². The zero-order valence-corrected chi connectivity index (χ0v) is 16.3. The molecular formula is C20H24O10. The molecule has 1 fully saturated rings. The second kappa shape index (κ2) is 7.57. The maximum atomic E-state index is 11.5. The van der Waals surface area contributed by atoms with Gasteiger partial charge in [0.2, 0.25) is 0 Å². The van der Waals surface area contributed by atoms with E-state index in [0.29, 0.717) is 22.3 Å². The molecule has 0 bridgehead atoms. The molecule has 1 aromatic heterocycles. The predicted octanol–water partition coefficient (Wildman–Crippen LogP) is -0.818. The van der Waals surface area contributed by atoms with Gasteiger partial charge >= 0.3 is 5.63 Å². The molecule has 2 aliphatic heterocycles. The topological polar surface area (TPSA) is 159 Å². The standard InChI is InChI=1S/C20H24O10/c1-20(2,26)18-17(30-19-16(25)15(24)14(23)12(7-21)29-19)9-5-8-3-4-13(22)27-10(8)6-11(9)28-18/h3-6,12,14-19,21,23-26H,7H2,1-2H3/t12-,14-,15+,16-,17+,18+,19+/m1/s1. The van der Waals surface area contributed by atoms with Crippen molar-refractivity contribution in [1.29, 1.82) is 0 Å². The average Bonchev–Trinajstić information content (AvgIpc) is 3.04. The molecule has 30 heavy (non-hydrogen) atoms. The number of aliphatic hydroxyl groups is 5. The molecule has 2 aromatic rings. The fraction of sp³-hybridized carbons (Fsp3) is 0.550. The van der Waals surface area contributed by atoms with E-state index >= 15 is 0 Å². The van der Waals surface area contributed by atoms with E-state index in [9.17, 15) is 30.3 Å². The van der Waals surface area contributed by atoms with E-state index in [1.807, 2.05) is 0 Å². The summed E-state index contributed by atoms with van der Waals surface area (Å²) >= 11 is 0. The highest BCUT2D eigenvalue weighted by Gasteiger charge is 2.50. The molecule has 2 aliphatic rings. The van der Waals surface area contributed by atoms with Crippen LogP contribution in [0.25, 0.3) is 11.0 Å². The van der Waals surface area contributed by atoms with Crippen LogP contribution in [0.15, 0.2) is 33.5 Å². The SMILES string of the molecule is CC(C)(O)[C@H]1Oc2cc3oc(=O)ccc3cc2[C@@H]1O[C@@H]1O[C@H](CO)[C@@H](O)[C@H](O)[C@H]1O. The third kappa shape index (κ3) is 3.60. The van der Waals surface area contributed by atoms with Crippen molar-refractivity contribution in [2.24, 2.45) is 0 Å². The van der Waals surface area contributed by atoms with Crippen molar-refractivity contribution in [2.75, 3.05) is 6.61 Å².